The summed E-state index contributed by atoms with van der Waals surface area (Å²) in [7, 11) is 0. The molecule has 0 radical (unpaired) electrons. The lowest BCUT2D eigenvalue weighted by Crippen LogP contribution is -2.30. The van der Waals surface area contributed by atoms with E-state index in [1.54, 1.807) is 13.8 Å². The molecular weight excluding hydrogens is 380 g/mol. The number of rotatable bonds is 10. The molecule has 2 rings (SSSR count). The van der Waals surface area contributed by atoms with Crippen molar-refractivity contribution < 1.29 is 19.1 Å². The molecule has 2 atom stereocenters. The molecule has 0 aliphatic carbocycles. The molecule has 160 valence electrons. The Bertz CT molecular complexity index is 783. The zero-order valence-electron chi connectivity index (χ0n) is 18.1. The van der Waals surface area contributed by atoms with Crippen LogP contribution in [0.2, 0.25) is 0 Å². The minimum Gasteiger partial charge on any atom is -0.431 e. The fourth-order valence-corrected chi connectivity index (χ4v) is 2.91. The van der Waals surface area contributed by atoms with Crippen LogP contribution in [0.25, 0.3) is 0 Å². The van der Waals surface area contributed by atoms with Crippen LogP contribution in [0.4, 0.5) is 0 Å². The maximum Gasteiger partial charge on any atom is 0.308 e. The van der Waals surface area contributed by atoms with Gasteiger partial charge in [0.15, 0.2) is 0 Å². The van der Waals surface area contributed by atoms with E-state index < -0.39 is 11.4 Å². The van der Waals surface area contributed by atoms with Crippen molar-refractivity contribution >= 4 is 11.9 Å². The third-order valence-electron chi connectivity index (χ3n) is 4.58. The molecule has 2 aromatic rings. The van der Waals surface area contributed by atoms with Crippen LogP contribution in [0, 0.1) is 0 Å². The zero-order valence-corrected chi connectivity index (χ0v) is 18.1. The number of hydrogen-bond acceptors (Lipinski definition) is 6. The Morgan fingerprint density at radius 2 is 1.03 bits per heavy atom. The van der Waals surface area contributed by atoms with Crippen molar-refractivity contribution in [2.24, 2.45) is 10.2 Å². The van der Waals surface area contributed by atoms with Gasteiger partial charge in [-0.3, -0.25) is 9.59 Å². The first-order valence-corrected chi connectivity index (χ1v) is 10.3. The van der Waals surface area contributed by atoms with E-state index in [-0.39, 0.29) is 24.8 Å². The second-order valence-electron chi connectivity index (χ2n) is 7.35. The van der Waals surface area contributed by atoms with Crippen LogP contribution in [0.15, 0.2) is 70.9 Å². The fourth-order valence-electron chi connectivity index (χ4n) is 2.91. The monoisotopic (exact) mass is 410 g/mol. The molecule has 0 fully saturated rings. The van der Waals surface area contributed by atoms with Gasteiger partial charge in [0.05, 0.1) is 0 Å². The molecule has 2 aromatic carbocycles. The Hall–Kier alpha value is -3.02. The first-order valence-electron chi connectivity index (χ1n) is 10.3. The van der Waals surface area contributed by atoms with Crippen molar-refractivity contribution in [1.82, 2.24) is 0 Å². The van der Waals surface area contributed by atoms with Gasteiger partial charge in [-0.15, -0.1) is 10.2 Å². The molecule has 0 aliphatic rings. The van der Waals surface area contributed by atoms with E-state index in [1.807, 2.05) is 74.5 Å². The van der Waals surface area contributed by atoms with Crippen LogP contribution in [0.1, 0.15) is 64.5 Å². The number of carbonyl (C=O) groups excluding carboxylic acids is 2. The summed E-state index contributed by atoms with van der Waals surface area (Å²) < 4.78 is 11.4. The van der Waals surface area contributed by atoms with Crippen LogP contribution in [-0.2, 0) is 30.5 Å². The highest BCUT2D eigenvalue weighted by atomic mass is 16.6. The predicted octanol–water partition coefficient (Wildman–Crippen LogP) is 5.87. The van der Waals surface area contributed by atoms with Crippen LogP contribution < -0.4 is 0 Å². The normalized spacial score (nSPS) is 15.2. The first kappa shape index (κ1) is 23.3. The van der Waals surface area contributed by atoms with Crippen molar-refractivity contribution in [1.29, 1.82) is 0 Å². The molecule has 0 amide bonds. The minimum absolute atomic E-state index is 0.277. The van der Waals surface area contributed by atoms with Gasteiger partial charge in [0.1, 0.15) is 0 Å². The standard InChI is InChI=1S/C24H30N2O4/c1-5-13-21(27)29-23(3,19-15-9-7-10-16-19)25-26-24(4,30-22(28)14-6-2)20-17-11-8-12-18-20/h7-12,15-18H,5-6,13-14H2,1-4H3. The molecule has 0 heterocycles. The summed E-state index contributed by atoms with van der Waals surface area (Å²) in [4.78, 5) is 24.6. The molecule has 0 saturated heterocycles. The fraction of sp³-hybridized carbons (Fsp3) is 0.417. The van der Waals surface area contributed by atoms with Crippen LogP contribution in [-0.4, -0.2) is 11.9 Å². The molecule has 0 aromatic heterocycles. The maximum atomic E-state index is 12.3. The van der Waals surface area contributed by atoms with E-state index in [1.165, 1.54) is 0 Å². The Morgan fingerprint density at radius 3 is 1.33 bits per heavy atom. The molecular formula is C24H30N2O4. The number of ether oxygens (including phenoxy) is 2. The lowest BCUT2D eigenvalue weighted by atomic mass is 10.0. The van der Waals surface area contributed by atoms with E-state index >= 15 is 0 Å². The van der Waals surface area contributed by atoms with Gasteiger partial charge in [-0.2, -0.15) is 0 Å². The van der Waals surface area contributed by atoms with Crippen LogP contribution in [0.3, 0.4) is 0 Å². The quantitative estimate of drug-likeness (QED) is 0.362. The molecule has 0 spiro atoms. The highest BCUT2D eigenvalue weighted by Crippen LogP contribution is 2.34. The SMILES string of the molecule is CCCC(=O)OC(C)(N=NC(C)(OC(=O)CCC)c1ccccc1)c1ccccc1. The average molecular weight is 411 g/mol. The molecule has 0 saturated carbocycles. The number of benzene rings is 2. The largest absolute Gasteiger partial charge is 0.431 e. The second-order valence-corrected chi connectivity index (χ2v) is 7.35. The minimum atomic E-state index is -1.35. The first-order chi connectivity index (χ1) is 14.3. The van der Waals surface area contributed by atoms with Crippen molar-refractivity contribution in [2.45, 2.75) is 64.8 Å². The number of azo groups is 1. The van der Waals surface area contributed by atoms with Gasteiger partial charge in [0.25, 0.3) is 0 Å². The summed E-state index contributed by atoms with van der Waals surface area (Å²) in [5, 5.41) is 8.83. The predicted molar refractivity (Wildman–Crippen MR) is 114 cm³/mol. The molecule has 0 N–H and O–H groups in total. The lowest BCUT2D eigenvalue weighted by Gasteiger charge is -2.29. The van der Waals surface area contributed by atoms with Gasteiger partial charge in [-0.25, -0.2) is 0 Å². The van der Waals surface area contributed by atoms with Crippen LogP contribution in [0.5, 0.6) is 0 Å². The van der Waals surface area contributed by atoms with Gasteiger partial charge in [-0.1, -0.05) is 74.5 Å². The molecule has 0 aliphatic heterocycles. The third-order valence-corrected chi connectivity index (χ3v) is 4.58. The summed E-state index contributed by atoms with van der Waals surface area (Å²) in [5.41, 5.74) is -1.34. The molecule has 2 unspecified atom stereocenters. The highest BCUT2D eigenvalue weighted by molar-refractivity contribution is 5.70. The molecule has 30 heavy (non-hydrogen) atoms. The van der Waals surface area contributed by atoms with Crippen molar-refractivity contribution in [3.8, 4) is 0 Å². The highest BCUT2D eigenvalue weighted by Gasteiger charge is 2.36. The summed E-state index contributed by atoms with van der Waals surface area (Å²) in [6.07, 6.45) is 1.88. The topological polar surface area (TPSA) is 77.3 Å². The summed E-state index contributed by atoms with van der Waals surface area (Å²) >= 11 is 0. The maximum absolute atomic E-state index is 12.3. The summed E-state index contributed by atoms with van der Waals surface area (Å²) in [6.45, 7) is 7.17. The Balaban J connectivity index is 2.45. The van der Waals surface area contributed by atoms with Gasteiger partial charge in [0, 0.05) is 37.8 Å². The molecule has 6 nitrogen and oxygen atoms in total. The van der Waals surface area contributed by atoms with E-state index in [9.17, 15) is 9.59 Å². The van der Waals surface area contributed by atoms with E-state index in [0.717, 1.165) is 0 Å². The van der Waals surface area contributed by atoms with E-state index in [0.29, 0.717) is 24.0 Å². The number of esters is 2. The summed E-state index contributed by atoms with van der Waals surface area (Å²) in [5.74, 6) is -0.737. The Labute approximate surface area is 178 Å². The van der Waals surface area contributed by atoms with Crippen molar-refractivity contribution in [3.05, 3.63) is 71.8 Å². The van der Waals surface area contributed by atoms with Gasteiger partial charge >= 0.3 is 11.9 Å². The lowest BCUT2D eigenvalue weighted by molar-refractivity contribution is -0.164. The number of hydrogen-bond donors (Lipinski definition) is 0. The van der Waals surface area contributed by atoms with Gasteiger partial charge in [0.2, 0.25) is 11.4 Å². The summed E-state index contributed by atoms with van der Waals surface area (Å²) in [6, 6.07) is 18.4. The third kappa shape index (κ3) is 6.24. The van der Waals surface area contributed by atoms with Crippen molar-refractivity contribution in [3.63, 3.8) is 0 Å². The van der Waals surface area contributed by atoms with Gasteiger partial charge in [-0.05, 0) is 12.8 Å². The zero-order chi connectivity index (χ0) is 22.0. The Morgan fingerprint density at radius 1 is 0.700 bits per heavy atom. The molecule has 6 heteroatoms. The average Bonchev–Trinajstić information content (AvgIpc) is 2.74. The van der Waals surface area contributed by atoms with Gasteiger partial charge < -0.3 is 9.47 Å². The van der Waals surface area contributed by atoms with Crippen LogP contribution >= 0.6 is 0 Å². The molecule has 0 bridgehead atoms. The Kier molecular flexibility index (Phi) is 8.27. The smallest absolute Gasteiger partial charge is 0.308 e. The van der Waals surface area contributed by atoms with Crippen molar-refractivity contribution in [2.75, 3.05) is 0 Å². The number of nitrogens with zero attached hydrogens (tertiary/aromatic N) is 2. The second kappa shape index (κ2) is 10.7. The number of carbonyl (C=O) groups is 2. The van der Waals surface area contributed by atoms with E-state index in [2.05, 4.69) is 10.2 Å². The van der Waals surface area contributed by atoms with E-state index in [4.69, 9.17) is 9.47 Å².